The highest BCUT2D eigenvalue weighted by Crippen LogP contribution is 2.47. The monoisotopic (exact) mass is 158 g/mol. The Hall–Kier alpha value is -0.120. The van der Waals surface area contributed by atoms with E-state index < -0.39 is 0 Å². The van der Waals surface area contributed by atoms with E-state index in [0.717, 1.165) is 19.3 Å². The van der Waals surface area contributed by atoms with Gasteiger partial charge in [0, 0.05) is 20.0 Å². The molecule has 1 aliphatic carbocycles. The van der Waals surface area contributed by atoms with Crippen molar-refractivity contribution in [1.82, 2.24) is 0 Å². The zero-order valence-electron chi connectivity index (χ0n) is 6.75. The minimum Gasteiger partial charge on any atom is -0.393 e. The van der Waals surface area contributed by atoms with Crippen molar-refractivity contribution >= 4 is 0 Å². The summed E-state index contributed by atoms with van der Waals surface area (Å²) in [5, 5.41) is 9.43. The summed E-state index contributed by atoms with van der Waals surface area (Å²) in [6, 6.07) is 0. The van der Waals surface area contributed by atoms with Gasteiger partial charge in [0.25, 0.3) is 0 Å². The Balaban J connectivity index is 1.97. The normalized spacial score (nSPS) is 40.9. The summed E-state index contributed by atoms with van der Waals surface area (Å²) < 4.78 is 10.7. The second-order valence-electron chi connectivity index (χ2n) is 3.56. The van der Waals surface area contributed by atoms with E-state index in [-0.39, 0.29) is 18.0 Å². The van der Waals surface area contributed by atoms with Crippen LogP contribution in [0.15, 0.2) is 0 Å². The first-order valence-electron chi connectivity index (χ1n) is 4.13. The molecule has 3 nitrogen and oxygen atoms in total. The Bertz CT molecular complexity index is 153. The van der Waals surface area contributed by atoms with Gasteiger partial charge in [0.2, 0.25) is 0 Å². The third-order valence-corrected chi connectivity index (χ3v) is 2.52. The number of aliphatic hydroxyl groups excluding tert-OH is 1. The van der Waals surface area contributed by atoms with Crippen LogP contribution in [0.2, 0.25) is 0 Å². The molecule has 1 spiro atoms. The second kappa shape index (κ2) is 2.44. The lowest BCUT2D eigenvalue weighted by molar-refractivity contribution is -0.214. The molecule has 64 valence electrons. The van der Waals surface area contributed by atoms with Gasteiger partial charge in [-0.05, 0) is 12.8 Å². The van der Waals surface area contributed by atoms with E-state index in [4.69, 9.17) is 9.47 Å². The zero-order valence-corrected chi connectivity index (χ0v) is 6.75. The molecule has 1 N–H and O–H groups in total. The fourth-order valence-corrected chi connectivity index (χ4v) is 1.72. The van der Waals surface area contributed by atoms with E-state index in [1.807, 2.05) is 0 Å². The lowest BCUT2D eigenvalue weighted by Crippen LogP contribution is -2.37. The molecule has 1 saturated carbocycles. The van der Waals surface area contributed by atoms with Crippen molar-refractivity contribution in [2.24, 2.45) is 0 Å². The zero-order chi connectivity index (χ0) is 7.90. The highest BCUT2D eigenvalue weighted by Gasteiger charge is 2.50. The van der Waals surface area contributed by atoms with Crippen molar-refractivity contribution < 1.29 is 14.6 Å². The number of aliphatic hydroxyl groups is 1. The topological polar surface area (TPSA) is 38.7 Å². The maximum atomic E-state index is 9.43. The van der Waals surface area contributed by atoms with Crippen LogP contribution in [0, 0.1) is 0 Å². The predicted molar refractivity (Wildman–Crippen MR) is 39.1 cm³/mol. The van der Waals surface area contributed by atoms with Crippen molar-refractivity contribution in [3.05, 3.63) is 0 Å². The van der Waals surface area contributed by atoms with Crippen LogP contribution in [0.4, 0.5) is 0 Å². The summed E-state index contributed by atoms with van der Waals surface area (Å²) in [6.07, 6.45) is 3.19. The van der Waals surface area contributed by atoms with E-state index in [2.05, 4.69) is 0 Å². The third kappa shape index (κ3) is 1.41. The van der Waals surface area contributed by atoms with Crippen molar-refractivity contribution in [3.8, 4) is 0 Å². The lowest BCUT2D eigenvalue weighted by Gasteiger charge is -2.32. The van der Waals surface area contributed by atoms with E-state index >= 15 is 0 Å². The first kappa shape index (κ1) is 7.53. The van der Waals surface area contributed by atoms with Crippen LogP contribution >= 0.6 is 0 Å². The Morgan fingerprint density at radius 1 is 1.55 bits per heavy atom. The molecular formula is C8H14O3. The number of hydrogen-bond acceptors (Lipinski definition) is 3. The minimum atomic E-state index is -0.226. The molecule has 0 amide bonds. The van der Waals surface area contributed by atoms with E-state index in [0.29, 0.717) is 6.42 Å². The number of methoxy groups -OCH3 is 1. The Morgan fingerprint density at radius 3 is 2.82 bits per heavy atom. The molecule has 1 heterocycles. The van der Waals surface area contributed by atoms with Crippen molar-refractivity contribution in [2.75, 3.05) is 7.11 Å². The van der Waals surface area contributed by atoms with Gasteiger partial charge < -0.3 is 14.6 Å². The van der Waals surface area contributed by atoms with Crippen LogP contribution in [0.1, 0.15) is 25.7 Å². The maximum absolute atomic E-state index is 9.43. The van der Waals surface area contributed by atoms with Crippen molar-refractivity contribution in [2.45, 2.75) is 43.7 Å². The van der Waals surface area contributed by atoms with Crippen LogP contribution < -0.4 is 0 Å². The molecule has 2 fully saturated rings. The molecule has 3 heteroatoms. The minimum absolute atomic E-state index is 0.00164. The molecule has 2 atom stereocenters. The van der Waals surface area contributed by atoms with Gasteiger partial charge in [0.15, 0.2) is 6.29 Å². The molecule has 0 radical (unpaired) electrons. The van der Waals surface area contributed by atoms with Crippen molar-refractivity contribution in [3.63, 3.8) is 0 Å². The fourth-order valence-electron chi connectivity index (χ4n) is 1.72. The molecule has 11 heavy (non-hydrogen) atoms. The average molecular weight is 158 g/mol. The Labute approximate surface area is 66.3 Å². The van der Waals surface area contributed by atoms with Gasteiger partial charge in [-0.1, -0.05) is 0 Å². The van der Waals surface area contributed by atoms with Crippen molar-refractivity contribution in [1.29, 1.82) is 0 Å². The first-order chi connectivity index (χ1) is 5.24. The standard InChI is InChI=1S/C8H14O3/c1-10-7-4-6(9)5-8(11-7)2-3-8/h6-7,9H,2-5H2,1H3/t6-,7-/m1/s1. The molecule has 2 rings (SSSR count). The van der Waals surface area contributed by atoms with Gasteiger partial charge >= 0.3 is 0 Å². The molecule has 1 aliphatic heterocycles. The van der Waals surface area contributed by atoms with E-state index in [1.54, 1.807) is 7.11 Å². The van der Waals surface area contributed by atoms with Gasteiger partial charge in [-0.2, -0.15) is 0 Å². The number of hydrogen-bond donors (Lipinski definition) is 1. The summed E-state index contributed by atoms with van der Waals surface area (Å²) in [4.78, 5) is 0. The molecule has 0 aromatic heterocycles. The van der Waals surface area contributed by atoms with Gasteiger partial charge in [0.05, 0.1) is 11.7 Å². The summed E-state index contributed by atoms with van der Waals surface area (Å²) in [6.45, 7) is 0. The maximum Gasteiger partial charge on any atom is 0.160 e. The Morgan fingerprint density at radius 2 is 2.27 bits per heavy atom. The van der Waals surface area contributed by atoms with Gasteiger partial charge in [-0.3, -0.25) is 0 Å². The highest BCUT2D eigenvalue weighted by molar-refractivity contribution is 5.00. The van der Waals surface area contributed by atoms with Crippen LogP contribution in [0.25, 0.3) is 0 Å². The van der Waals surface area contributed by atoms with Crippen LogP contribution in [-0.4, -0.2) is 30.2 Å². The molecule has 0 aromatic rings. The summed E-state index contributed by atoms with van der Waals surface area (Å²) in [7, 11) is 1.62. The molecule has 0 unspecified atom stereocenters. The average Bonchev–Trinajstić information content (AvgIpc) is 2.67. The Kier molecular flexibility index (Phi) is 1.67. The predicted octanol–water partition coefficient (Wildman–Crippen LogP) is 0.663. The SMILES string of the molecule is CO[C@H]1C[C@@H](O)CC2(CC2)O1. The molecule has 0 bridgehead atoms. The van der Waals surface area contributed by atoms with E-state index in [1.165, 1.54) is 0 Å². The fraction of sp³-hybridized carbons (Fsp3) is 1.00. The summed E-state index contributed by atoms with van der Waals surface area (Å²) >= 11 is 0. The van der Waals surface area contributed by atoms with Gasteiger partial charge in [-0.25, -0.2) is 0 Å². The molecule has 1 saturated heterocycles. The second-order valence-corrected chi connectivity index (χ2v) is 3.56. The quantitative estimate of drug-likeness (QED) is 0.609. The van der Waals surface area contributed by atoms with Crippen LogP contribution in [0.3, 0.4) is 0 Å². The van der Waals surface area contributed by atoms with Crippen LogP contribution in [0.5, 0.6) is 0 Å². The first-order valence-corrected chi connectivity index (χ1v) is 4.13. The third-order valence-electron chi connectivity index (χ3n) is 2.52. The molecular weight excluding hydrogens is 144 g/mol. The summed E-state index contributed by atoms with van der Waals surface area (Å²) in [5.74, 6) is 0. The number of ether oxygens (including phenoxy) is 2. The highest BCUT2D eigenvalue weighted by atomic mass is 16.7. The number of rotatable bonds is 1. The lowest BCUT2D eigenvalue weighted by atomic mass is 10.0. The smallest absolute Gasteiger partial charge is 0.160 e. The van der Waals surface area contributed by atoms with Gasteiger partial charge in [0.1, 0.15) is 0 Å². The molecule has 0 aromatic carbocycles. The molecule has 2 aliphatic rings. The van der Waals surface area contributed by atoms with Crippen LogP contribution in [-0.2, 0) is 9.47 Å². The van der Waals surface area contributed by atoms with Gasteiger partial charge in [-0.15, -0.1) is 0 Å². The largest absolute Gasteiger partial charge is 0.393 e. The van der Waals surface area contributed by atoms with E-state index in [9.17, 15) is 5.11 Å². The summed E-state index contributed by atoms with van der Waals surface area (Å²) in [5.41, 5.74) is -0.00164.